The number of nitrogens with one attached hydrogen (secondary N) is 1. The van der Waals surface area contributed by atoms with E-state index in [2.05, 4.69) is 20.4 Å². The van der Waals surface area contributed by atoms with Gasteiger partial charge in [-0.05, 0) is 38.4 Å². The SMILES string of the molecule is CNC1CCCC1c1nc(-c2cnccc2C)no1. The van der Waals surface area contributed by atoms with E-state index in [1.54, 1.807) is 12.4 Å². The van der Waals surface area contributed by atoms with Crippen molar-refractivity contribution in [3.05, 3.63) is 29.9 Å². The van der Waals surface area contributed by atoms with Crippen molar-refractivity contribution in [3.63, 3.8) is 0 Å². The average Bonchev–Trinajstić information content (AvgIpc) is 3.07. The molecule has 2 heterocycles. The van der Waals surface area contributed by atoms with Gasteiger partial charge < -0.3 is 9.84 Å². The molecule has 1 saturated carbocycles. The zero-order valence-corrected chi connectivity index (χ0v) is 11.3. The summed E-state index contributed by atoms with van der Waals surface area (Å²) in [6.07, 6.45) is 7.05. The smallest absolute Gasteiger partial charge is 0.231 e. The van der Waals surface area contributed by atoms with Crippen LogP contribution in [-0.4, -0.2) is 28.2 Å². The molecule has 1 fully saturated rings. The molecular formula is C14H18N4O. The van der Waals surface area contributed by atoms with E-state index in [1.165, 1.54) is 12.8 Å². The van der Waals surface area contributed by atoms with E-state index in [0.717, 1.165) is 23.4 Å². The van der Waals surface area contributed by atoms with Gasteiger partial charge in [0, 0.05) is 24.0 Å². The van der Waals surface area contributed by atoms with Gasteiger partial charge in [0.05, 0.1) is 5.92 Å². The van der Waals surface area contributed by atoms with Crippen LogP contribution in [0.5, 0.6) is 0 Å². The topological polar surface area (TPSA) is 63.8 Å². The van der Waals surface area contributed by atoms with Crippen LogP contribution in [0.4, 0.5) is 0 Å². The molecule has 2 unspecified atom stereocenters. The zero-order chi connectivity index (χ0) is 13.2. The molecule has 3 rings (SSSR count). The fourth-order valence-electron chi connectivity index (χ4n) is 2.79. The lowest BCUT2D eigenvalue weighted by molar-refractivity contribution is 0.335. The molecule has 0 amide bonds. The second kappa shape index (κ2) is 5.09. The number of hydrogen-bond donors (Lipinski definition) is 1. The van der Waals surface area contributed by atoms with Crippen molar-refractivity contribution in [3.8, 4) is 11.4 Å². The van der Waals surface area contributed by atoms with Crippen molar-refractivity contribution in [1.29, 1.82) is 0 Å². The van der Waals surface area contributed by atoms with Crippen molar-refractivity contribution >= 4 is 0 Å². The summed E-state index contributed by atoms with van der Waals surface area (Å²) in [5.41, 5.74) is 2.05. The molecule has 0 radical (unpaired) electrons. The summed E-state index contributed by atoms with van der Waals surface area (Å²) in [6.45, 7) is 2.03. The first kappa shape index (κ1) is 12.3. The van der Waals surface area contributed by atoms with Crippen molar-refractivity contribution in [2.75, 3.05) is 7.05 Å². The number of likely N-dealkylation sites (N-methyl/N-ethyl adjacent to an activating group) is 1. The first-order valence-corrected chi connectivity index (χ1v) is 6.71. The molecule has 19 heavy (non-hydrogen) atoms. The number of nitrogens with zero attached hydrogens (tertiary/aromatic N) is 3. The van der Waals surface area contributed by atoms with Gasteiger partial charge in [0.2, 0.25) is 11.7 Å². The van der Waals surface area contributed by atoms with Crippen LogP contribution in [0.2, 0.25) is 0 Å². The maximum absolute atomic E-state index is 5.46. The summed E-state index contributed by atoms with van der Waals surface area (Å²) in [7, 11) is 1.99. The quantitative estimate of drug-likeness (QED) is 0.915. The Balaban J connectivity index is 1.90. The highest BCUT2D eigenvalue weighted by molar-refractivity contribution is 5.57. The predicted octanol–water partition coefficient (Wildman–Crippen LogP) is 2.30. The summed E-state index contributed by atoms with van der Waals surface area (Å²) in [5.74, 6) is 1.72. The van der Waals surface area contributed by atoms with Gasteiger partial charge in [-0.3, -0.25) is 4.98 Å². The summed E-state index contributed by atoms with van der Waals surface area (Å²) in [5, 5.41) is 7.44. The van der Waals surface area contributed by atoms with E-state index in [-0.39, 0.29) is 0 Å². The molecule has 2 atom stereocenters. The lowest BCUT2D eigenvalue weighted by Gasteiger charge is -2.14. The van der Waals surface area contributed by atoms with Crippen LogP contribution in [0.1, 0.15) is 36.6 Å². The summed E-state index contributed by atoms with van der Waals surface area (Å²) >= 11 is 0. The van der Waals surface area contributed by atoms with Gasteiger partial charge in [0.25, 0.3) is 0 Å². The van der Waals surface area contributed by atoms with Crippen molar-refractivity contribution < 1.29 is 4.52 Å². The van der Waals surface area contributed by atoms with Crippen LogP contribution in [0.3, 0.4) is 0 Å². The maximum Gasteiger partial charge on any atom is 0.231 e. The van der Waals surface area contributed by atoms with Gasteiger partial charge in [-0.25, -0.2) is 0 Å². The predicted molar refractivity (Wildman–Crippen MR) is 71.7 cm³/mol. The van der Waals surface area contributed by atoms with Crippen molar-refractivity contribution in [1.82, 2.24) is 20.4 Å². The molecule has 5 nitrogen and oxygen atoms in total. The van der Waals surface area contributed by atoms with Crippen LogP contribution >= 0.6 is 0 Å². The van der Waals surface area contributed by atoms with E-state index >= 15 is 0 Å². The molecule has 1 aliphatic rings. The third kappa shape index (κ3) is 2.26. The maximum atomic E-state index is 5.46. The molecule has 0 aromatic carbocycles. The average molecular weight is 258 g/mol. The van der Waals surface area contributed by atoms with Crippen LogP contribution < -0.4 is 5.32 Å². The minimum absolute atomic E-state index is 0.336. The van der Waals surface area contributed by atoms with E-state index in [4.69, 9.17) is 4.52 Å². The van der Waals surface area contributed by atoms with Crippen molar-refractivity contribution in [2.24, 2.45) is 0 Å². The standard InChI is InChI=1S/C14H18N4O/c1-9-6-7-16-8-11(9)13-17-14(19-18-13)10-4-3-5-12(10)15-2/h6-8,10,12,15H,3-5H2,1-2H3. The second-order valence-electron chi connectivity index (χ2n) is 5.08. The third-order valence-electron chi connectivity index (χ3n) is 3.93. The van der Waals surface area contributed by atoms with Crippen LogP contribution in [0, 0.1) is 6.92 Å². The number of pyridine rings is 1. The van der Waals surface area contributed by atoms with E-state index in [1.807, 2.05) is 20.0 Å². The van der Waals surface area contributed by atoms with Gasteiger partial charge in [0.1, 0.15) is 0 Å². The summed E-state index contributed by atoms with van der Waals surface area (Å²) < 4.78 is 5.46. The van der Waals surface area contributed by atoms with Crippen LogP contribution in [-0.2, 0) is 0 Å². The van der Waals surface area contributed by atoms with Gasteiger partial charge in [0.15, 0.2) is 0 Å². The Hall–Kier alpha value is -1.75. The minimum Gasteiger partial charge on any atom is -0.339 e. The van der Waals surface area contributed by atoms with Gasteiger partial charge in [-0.15, -0.1) is 0 Å². The number of rotatable bonds is 3. The fourth-order valence-corrected chi connectivity index (χ4v) is 2.79. The molecule has 2 aromatic rings. The lowest BCUT2D eigenvalue weighted by Crippen LogP contribution is -2.27. The highest BCUT2D eigenvalue weighted by Gasteiger charge is 2.32. The molecule has 100 valence electrons. The second-order valence-corrected chi connectivity index (χ2v) is 5.08. The monoisotopic (exact) mass is 258 g/mol. The molecule has 5 heteroatoms. The highest BCUT2D eigenvalue weighted by Crippen LogP contribution is 2.34. The molecule has 0 saturated heterocycles. The van der Waals surface area contributed by atoms with Crippen molar-refractivity contribution in [2.45, 2.75) is 38.1 Å². The minimum atomic E-state index is 0.336. The third-order valence-corrected chi connectivity index (χ3v) is 3.93. The van der Waals surface area contributed by atoms with Gasteiger partial charge in [-0.1, -0.05) is 11.6 Å². The molecule has 1 N–H and O–H groups in total. The Bertz CT molecular complexity index is 566. The number of aryl methyl sites for hydroxylation is 1. The Morgan fingerprint density at radius 1 is 1.37 bits per heavy atom. The highest BCUT2D eigenvalue weighted by atomic mass is 16.5. The fraction of sp³-hybridized carbons (Fsp3) is 0.500. The molecular weight excluding hydrogens is 240 g/mol. The molecule has 2 aromatic heterocycles. The summed E-state index contributed by atoms with van der Waals surface area (Å²) in [4.78, 5) is 8.69. The Morgan fingerprint density at radius 3 is 3.05 bits per heavy atom. The molecule has 0 spiro atoms. The first-order valence-electron chi connectivity index (χ1n) is 6.71. The van der Waals surface area contributed by atoms with Gasteiger partial charge >= 0.3 is 0 Å². The zero-order valence-electron chi connectivity index (χ0n) is 11.3. The Kier molecular flexibility index (Phi) is 3.29. The molecule has 0 aliphatic heterocycles. The van der Waals surface area contributed by atoms with Crippen LogP contribution in [0.25, 0.3) is 11.4 Å². The largest absolute Gasteiger partial charge is 0.339 e. The summed E-state index contributed by atoms with van der Waals surface area (Å²) in [6, 6.07) is 2.40. The van der Waals surface area contributed by atoms with Crippen LogP contribution in [0.15, 0.2) is 23.0 Å². The number of aromatic nitrogens is 3. The Labute approximate surface area is 112 Å². The lowest BCUT2D eigenvalue weighted by atomic mass is 10.0. The van der Waals surface area contributed by atoms with E-state index < -0.39 is 0 Å². The van der Waals surface area contributed by atoms with Gasteiger partial charge in [-0.2, -0.15) is 4.98 Å². The first-order chi connectivity index (χ1) is 9.29. The molecule has 0 bridgehead atoms. The normalized spacial score (nSPS) is 22.8. The Morgan fingerprint density at radius 2 is 2.26 bits per heavy atom. The van der Waals surface area contributed by atoms with E-state index in [0.29, 0.717) is 17.8 Å². The molecule has 1 aliphatic carbocycles. The number of hydrogen-bond acceptors (Lipinski definition) is 5. The van der Waals surface area contributed by atoms with E-state index in [9.17, 15) is 0 Å².